The Hall–Kier alpha value is -2.93. The van der Waals surface area contributed by atoms with Crippen LogP contribution in [-0.2, 0) is 4.74 Å². The number of hydrogen-bond acceptors (Lipinski definition) is 6. The number of rotatable bonds is 11. The number of halogens is 1. The van der Waals surface area contributed by atoms with E-state index in [0.717, 1.165) is 50.2 Å². The first-order valence-electron chi connectivity index (χ1n) is 12.4. The first-order chi connectivity index (χ1) is 17.5. The van der Waals surface area contributed by atoms with Crippen molar-refractivity contribution in [2.24, 2.45) is 0 Å². The van der Waals surface area contributed by atoms with Crippen LogP contribution < -0.4 is 9.47 Å². The summed E-state index contributed by atoms with van der Waals surface area (Å²) < 4.78 is 17.9. The van der Waals surface area contributed by atoms with Gasteiger partial charge in [0.25, 0.3) is 0 Å². The van der Waals surface area contributed by atoms with E-state index < -0.39 is 0 Å². The van der Waals surface area contributed by atoms with Gasteiger partial charge < -0.3 is 19.1 Å². The van der Waals surface area contributed by atoms with Crippen LogP contribution in [0.2, 0.25) is 5.02 Å². The van der Waals surface area contributed by atoms with E-state index in [1.54, 1.807) is 38.4 Å². The van der Waals surface area contributed by atoms with Crippen LogP contribution in [0.1, 0.15) is 53.9 Å². The second kappa shape index (κ2) is 12.9. The number of piperidine rings is 1. The van der Waals surface area contributed by atoms with Crippen LogP contribution in [-0.4, -0.2) is 55.1 Å². The number of methoxy groups -OCH3 is 1. The van der Waals surface area contributed by atoms with Gasteiger partial charge in [-0.15, -0.1) is 0 Å². The molecule has 0 spiro atoms. The van der Waals surface area contributed by atoms with E-state index >= 15 is 0 Å². The summed E-state index contributed by atoms with van der Waals surface area (Å²) in [5.41, 5.74) is 2.58. The van der Waals surface area contributed by atoms with Crippen molar-refractivity contribution in [2.75, 3.05) is 33.4 Å². The van der Waals surface area contributed by atoms with Crippen LogP contribution in [0.15, 0.2) is 66.9 Å². The Morgan fingerprint density at radius 3 is 2.53 bits per heavy atom. The number of ether oxygens (including phenoxy) is 3. The average Bonchev–Trinajstić information content (AvgIpc) is 2.91. The zero-order valence-corrected chi connectivity index (χ0v) is 21.6. The fourth-order valence-corrected chi connectivity index (χ4v) is 4.55. The van der Waals surface area contributed by atoms with Gasteiger partial charge in [-0.25, -0.2) is 0 Å². The molecule has 1 aromatic heterocycles. The number of pyridine rings is 1. The molecular formula is C29H33ClN2O4. The minimum absolute atomic E-state index is 0.00625. The fraction of sp³-hybridized carbons (Fsp3) is 0.379. The summed E-state index contributed by atoms with van der Waals surface area (Å²) in [6, 6.07) is 19.0. The highest BCUT2D eigenvalue weighted by atomic mass is 35.5. The van der Waals surface area contributed by atoms with Gasteiger partial charge in [0.15, 0.2) is 17.3 Å². The lowest BCUT2D eigenvalue weighted by Gasteiger charge is -2.34. The summed E-state index contributed by atoms with van der Waals surface area (Å²) in [5, 5.41) is 0.710. The number of carbonyl (C=O) groups excluding carboxylic acids is 1. The van der Waals surface area contributed by atoms with E-state index in [9.17, 15) is 4.79 Å². The van der Waals surface area contributed by atoms with Gasteiger partial charge in [0, 0.05) is 36.4 Å². The molecule has 7 heteroatoms. The maximum Gasteiger partial charge on any atom is 0.161 e. The third kappa shape index (κ3) is 7.06. The van der Waals surface area contributed by atoms with Crippen LogP contribution in [0.4, 0.5) is 0 Å². The molecule has 0 amide bonds. The van der Waals surface area contributed by atoms with Gasteiger partial charge >= 0.3 is 0 Å². The molecule has 0 radical (unpaired) electrons. The van der Waals surface area contributed by atoms with Crippen LogP contribution in [0, 0.1) is 0 Å². The zero-order chi connectivity index (χ0) is 25.3. The Bertz CT molecular complexity index is 1120. The number of likely N-dealkylation sites (tertiary alicyclic amines) is 1. The molecule has 1 aliphatic rings. The van der Waals surface area contributed by atoms with Gasteiger partial charge in [0.05, 0.1) is 25.5 Å². The molecule has 2 aromatic carbocycles. The Morgan fingerprint density at radius 1 is 1.08 bits per heavy atom. The van der Waals surface area contributed by atoms with E-state index in [1.165, 1.54) is 0 Å². The lowest BCUT2D eigenvalue weighted by Crippen LogP contribution is -2.38. The molecule has 2 heterocycles. The number of aromatic nitrogens is 1. The summed E-state index contributed by atoms with van der Waals surface area (Å²) in [6.07, 6.45) is 4.61. The van der Waals surface area contributed by atoms with E-state index in [2.05, 4.69) is 9.88 Å². The minimum atomic E-state index is -0.210. The van der Waals surface area contributed by atoms with Gasteiger partial charge in [-0.2, -0.15) is 0 Å². The highest BCUT2D eigenvalue weighted by molar-refractivity contribution is 6.30. The maximum absolute atomic E-state index is 11.6. The number of hydrogen-bond donors (Lipinski definition) is 0. The largest absolute Gasteiger partial charge is 0.493 e. The quantitative estimate of drug-likeness (QED) is 0.234. The highest BCUT2D eigenvalue weighted by Crippen LogP contribution is 2.30. The number of Topliss-reactive ketones (excluding diaryl/α,β-unsaturated/α-hetero) is 1. The van der Waals surface area contributed by atoms with Crippen molar-refractivity contribution in [2.45, 2.75) is 38.4 Å². The third-order valence-electron chi connectivity index (χ3n) is 6.44. The first kappa shape index (κ1) is 26.1. The van der Waals surface area contributed by atoms with E-state index in [0.29, 0.717) is 28.7 Å². The predicted molar refractivity (Wildman–Crippen MR) is 141 cm³/mol. The van der Waals surface area contributed by atoms with Crippen LogP contribution in [0.3, 0.4) is 0 Å². The molecule has 0 aliphatic carbocycles. The standard InChI is InChI=1S/C29H33ClN2O4/c1-21(33)23-9-12-27(28(20-23)34-2)35-19-5-16-32-17-13-25(14-18-32)36-29(26-6-3-4-15-31-26)22-7-10-24(30)11-8-22/h3-4,6-12,15,20,25,29H,5,13-14,16-19H2,1-2H3. The molecule has 1 saturated heterocycles. The van der Waals surface area contributed by atoms with Gasteiger partial charge in [0.1, 0.15) is 6.10 Å². The second-order valence-electron chi connectivity index (χ2n) is 8.99. The minimum Gasteiger partial charge on any atom is -0.493 e. The molecule has 6 nitrogen and oxygen atoms in total. The van der Waals surface area contributed by atoms with Crippen LogP contribution in [0.25, 0.3) is 0 Å². The lowest BCUT2D eigenvalue weighted by atomic mass is 10.0. The zero-order valence-electron chi connectivity index (χ0n) is 20.9. The topological polar surface area (TPSA) is 60.9 Å². The molecule has 1 aliphatic heterocycles. The van der Waals surface area contributed by atoms with Crippen molar-refractivity contribution < 1.29 is 19.0 Å². The Labute approximate surface area is 218 Å². The van der Waals surface area contributed by atoms with Crippen molar-refractivity contribution in [1.29, 1.82) is 0 Å². The highest BCUT2D eigenvalue weighted by Gasteiger charge is 2.25. The fourth-order valence-electron chi connectivity index (χ4n) is 4.43. The molecule has 36 heavy (non-hydrogen) atoms. The van der Waals surface area contributed by atoms with Gasteiger partial charge in [-0.1, -0.05) is 29.8 Å². The molecule has 1 atom stereocenters. The van der Waals surface area contributed by atoms with E-state index in [1.807, 2.05) is 42.5 Å². The summed E-state index contributed by atoms with van der Waals surface area (Å²) in [5.74, 6) is 1.26. The van der Waals surface area contributed by atoms with Gasteiger partial charge in [0.2, 0.25) is 0 Å². The SMILES string of the molecule is COc1cc(C(C)=O)ccc1OCCCN1CCC(OC(c2ccc(Cl)cc2)c2ccccn2)CC1. The van der Waals surface area contributed by atoms with Crippen LogP contribution >= 0.6 is 11.6 Å². The Kier molecular flexibility index (Phi) is 9.34. The van der Waals surface area contributed by atoms with Gasteiger partial charge in [-0.05, 0) is 74.2 Å². The number of nitrogens with zero attached hydrogens (tertiary/aromatic N) is 2. The van der Waals surface area contributed by atoms with Gasteiger partial charge in [-0.3, -0.25) is 9.78 Å². The monoisotopic (exact) mass is 508 g/mol. The molecule has 1 fully saturated rings. The molecule has 3 aromatic rings. The molecule has 0 bridgehead atoms. The summed E-state index contributed by atoms with van der Waals surface area (Å²) in [6.45, 7) is 5.06. The second-order valence-corrected chi connectivity index (χ2v) is 9.42. The van der Waals surface area contributed by atoms with Crippen molar-refractivity contribution in [3.63, 3.8) is 0 Å². The lowest BCUT2D eigenvalue weighted by molar-refractivity contribution is -0.0289. The van der Waals surface area contributed by atoms with Crippen molar-refractivity contribution in [3.05, 3.63) is 88.7 Å². The third-order valence-corrected chi connectivity index (χ3v) is 6.69. The van der Waals surface area contributed by atoms with Crippen molar-refractivity contribution in [1.82, 2.24) is 9.88 Å². The average molecular weight is 509 g/mol. The number of benzene rings is 2. The maximum atomic E-state index is 11.6. The first-order valence-corrected chi connectivity index (χ1v) is 12.8. The molecule has 4 rings (SSSR count). The molecule has 1 unspecified atom stereocenters. The Balaban J connectivity index is 1.25. The number of ketones is 1. The molecule has 190 valence electrons. The summed E-state index contributed by atoms with van der Waals surface area (Å²) in [4.78, 5) is 18.6. The van der Waals surface area contributed by atoms with Crippen molar-refractivity contribution >= 4 is 17.4 Å². The van der Waals surface area contributed by atoms with E-state index in [-0.39, 0.29) is 18.0 Å². The summed E-state index contributed by atoms with van der Waals surface area (Å²) in [7, 11) is 1.59. The predicted octanol–water partition coefficient (Wildman–Crippen LogP) is 5.99. The van der Waals surface area contributed by atoms with Crippen molar-refractivity contribution in [3.8, 4) is 11.5 Å². The van der Waals surface area contributed by atoms with E-state index in [4.69, 9.17) is 25.8 Å². The summed E-state index contributed by atoms with van der Waals surface area (Å²) >= 11 is 6.10. The Morgan fingerprint density at radius 2 is 1.86 bits per heavy atom. The smallest absolute Gasteiger partial charge is 0.161 e. The molecular weight excluding hydrogens is 476 g/mol. The number of carbonyl (C=O) groups is 1. The normalized spacial score (nSPS) is 15.4. The molecule has 0 N–H and O–H groups in total. The molecule has 0 saturated carbocycles. The van der Waals surface area contributed by atoms with Crippen LogP contribution in [0.5, 0.6) is 11.5 Å².